The number of allylic oxidation sites excluding steroid dienone is 1. The third kappa shape index (κ3) is 9.17. The fraction of sp³-hybridized carbons (Fsp3) is 0.615. The third-order valence-electron chi connectivity index (χ3n) is 10.7. The first-order valence-corrected chi connectivity index (χ1v) is 20.5. The molecule has 3 heterocycles. The quantitative estimate of drug-likeness (QED) is 0.315. The maximum atomic E-state index is 14.9. The maximum absolute atomic E-state index is 14.9. The zero-order valence-electron chi connectivity index (χ0n) is 32.3. The van der Waals surface area contributed by atoms with Crippen LogP contribution >= 0.6 is 0 Å². The lowest BCUT2D eigenvalue weighted by Crippen LogP contribution is -2.59. The molecule has 0 radical (unpaired) electrons. The van der Waals surface area contributed by atoms with Crippen LogP contribution in [0.3, 0.4) is 0 Å². The summed E-state index contributed by atoms with van der Waals surface area (Å²) in [5, 5.41) is 6.48. The van der Waals surface area contributed by atoms with E-state index < -0.39 is 80.3 Å². The fourth-order valence-corrected chi connectivity index (χ4v) is 9.05. The van der Waals surface area contributed by atoms with Crippen LogP contribution in [0.4, 0.5) is 4.79 Å². The second-order valence-electron chi connectivity index (χ2n) is 16.3. The van der Waals surface area contributed by atoms with Crippen molar-refractivity contribution in [3.05, 3.63) is 42.6 Å². The Morgan fingerprint density at radius 3 is 2.47 bits per heavy atom. The van der Waals surface area contributed by atoms with Crippen LogP contribution in [-0.2, 0) is 33.9 Å². The van der Waals surface area contributed by atoms with Crippen molar-refractivity contribution in [2.45, 2.75) is 107 Å². The summed E-state index contributed by atoms with van der Waals surface area (Å²) in [6.45, 7) is 7.30. The number of ether oxygens (including phenoxy) is 4. The number of pyridine rings is 1. The summed E-state index contributed by atoms with van der Waals surface area (Å²) in [5.41, 5.74) is -2.38. The minimum atomic E-state index is -3.91. The van der Waals surface area contributed by atoms with Crippen LogP contribution in [0.1, 0.15) is 72.6 Å². The lowest BCUT2D eigenvalue weighted by molar-refractivity contribution is -0.142. The van der Waals surface area contributed by atoms with E-state index in [0.717, 1.165) is 11.8 Å². The highest BCUT2D eigenvalue weighted by molar-refractivity contribution is 7.91. The van der Waals surface area contributed by atoms with Crippen LogP contribution in [-0.4, -0.2) is 104 Å². The van der Waals surface area contributed by atoms with Gasteiger partial charge in [-0.25, -0.2) is 18.2 Å². The smallest absolute Gasteiger partial charge is 0.408 e. The van der Waals surface area contributed by atoms with Crippen LogP contribution < -0.4 is 24.8 Å². The number of hydrogen-bond donors (Lipinski definition) is 3. The van der Waals surface area contributed by atoms with Crippen LogP contribution in [0, 0.1) is 17.8 Å². The molecule has 2 saturated carbocycles. The molecule has 300 valence electrons. The minimum Gasteiger partial charge on any atom is -0.494 e. The first-order chi connectivity index (χ1) is 26.0. The number of hydrogen-bond acceptors (Lipinski definition) is 11. The molecule has 2 aromatic rings. The van der Waals surface area contributed by atoms with Gasteiger partial charge in [0.2, 0.25) is 27.7 Å². The van der Waals surface area contributed by atoms with Gasteiger partial charge in [0.15, 0.2) is 0 Å². The molecular formula is C39H53N5O10S. The number of carbonyl (C=O) groups is 4. The van der Waals surface area contributed by atoms with Crippen molar-refractivity contribution in [3.8, 4) is 11.6 Å². The summed E-state index contributed by atoms with van der Waals surface area (Å²) < 4.78 is 51.2. The van der Waals surface area contributed by atoms with Crippen molar-refractivity contribution >= 4 is 44.6 Å². The Bertz CT molecular complexity index is 1930. The molecule has 0 spiro atoms. The molecule has 2 aliphatic carbocycles. The van der Waals surface area contributed by atoms with Gasteiger partial charge in [0.25, 0.3) is 5.91 Å². The third-order valence-corrected chi connectivity index (χ3v) is 12.5. The van der Waals surface area contributed by atoms with Crippen molar-refractivity contribution in [1.29, 1.82) is 0 Å². The number of sulfonamides is 1. The molecule has 4 amide bonds. The summed E-state index contributed by atoms with van der Waals surface area (Å²) in [5.74, 6) is -2.04. The van der Waals surface area contributed by atoms with E-state index in [0.29, 0.717) is 36.8 Å². The number of benzene rings is 1. The van der Waals surface area contributed by atoms with Gasteiger partial charge in [-0.05, 0) is 71.3 Å². The fourth-order valence-electron chi connectivity index (χ4n) is 7.68. The van der Waals surface area contributed by atoms with E-state index >= 15 is 0 Å². The number of amides is 4. The minimum absolute atomic E-state index is 0.0166. The molecule has 1 saturated heterocycles. The maximum Gasteiger partial charge on any atom is 0.408 e. The Hall–Kier alpha value is -4.44. The number of carbonyl (C=O) groups excluding carboxylic acids is 4. The van der Waals surface area contributed by atoms with E-state index in [1.54, 1.807) is 34.1 Å². The van der Waals surface area contributed by atoms with Gasteiger partial charge in [-0.3, -0.25) is 19.1 Å². The Morgan fingerprint density at radius 1 is 1.07 bits per heavy atom. The van der Waals surface area contributed by atoms with Crippen LogP contribution in [0.15, 0.2) is 42.6 Å². The van der Waals surface area contributed by atoms with E-state index in [9.17, 15) is 27.6 Å². The van der Waals surface area contributed by atoms with Gasteiger partial charge in [0.05, 0.1) is 31.7 Å². The zero-order chi connectivity index (χ0) is 39.7. The molecule has 7 atom stereocenters. The molecule has 2 aliphatic heterocycles. The summed E-state index contributed by atoms with van der Waals surface area (Å²) in [6, 6.07) is 5.09. The largest absolute Gasteiger partial charge is 0.494 e. The van der Waals surface area contributed by atoms with Crippen molar-refractivity contribution in [3.63, 3.8) is 0 Å². The van der Waals surface area contributed by atoms with Gasteiger partial charge in [0.1, 0.15) is 35.1 Å². The number of fused-ring (bicyclic) bond motifs is 3. The summed E-state index contributed by atoms with van der Waals surface area (Å²) in [6.07, 6.45) is 6.83. The van der Waals surface area contributed by atoms with Crippen molar-refractivity contribution in [1.82, 2.24) is 25.2 Å². The molecule has 15 nitrogen and oxygen atoms in total. The van der Waals surface area contributed by atoms with Crippen LogP contribution in [0.2, 0.25) is 0 Å². The highest BCUT2D eigenvalue weighted by Crippen LogP contribution is 2.46. The standard InChI is InChI=1S/C39H53N5O10S/c1-23-11-7-8-12-25-19-39(25,36(47)43-55(49,50)27-15-16-27)42-33(45)30-18-26(53-34-29-14-10-9-13-28(29)31(52-6)20-40-34)21-44(30)35(46)32(24(17-23)22-51-5)41-37(48)54-38(2,3)4/h8-10,12-14,20,23-27,30,32H,7,11,15-19,21-22H2,1-6H3,(H,41,48)(H,42,45)(H,43,47)/b12-8-/t23-,24+,25+,26-,30+,32+,39+/m1/s1. The van der Waals surface area contributed by atoms with Crippen molar-refractivity contribution in [2.75, 3.05) is 27.4 Å². The molecule has 3 N–H and O–H groups in total. The number of nitrogens with one attached hydrogen (secondary N) is 3. The Labute approximate surface area is 322 Å². The lowest BCUT2D eigenvalue weighted by Gasteiger charge is -2.34. The van der Waals surface area contributed by atoms with Gasteiger partial charge in [-0.1, -0.05) is 37.3 Å². The van der Waals surface area contributed by atoms with Gasteiger partial charge < -0.3 is 34.5 Å². The first-order valence-electron chi connectivity index (χ1n) is 19.0. The number of nitrogens with zero attached hydrogens (tertiary/aromatic N) is 2. The summed E-state index contributed by atoms with van der Waals surface area (Å²) in [7, 11) is -0.839. The molecule has 3 fully saturated rings. The monoisotopic (exact) mass is 783 g/mol. The molecule has 55 heavy (non-hydrogen) atoms. The van der Waals surface area contributed by atoms with E-state index in [1.165, 1.54) is 12.0 Å². The molecule has 16 heteroatoms. The predicted molar refractivity (Wildman–Crippen MR) is 203 cm³/mol. The highest BCUT2D eigenvalue weighted by Gasteiger charge is 2.62. The van der Waals surface area contributed by atoms with Crippen LogP contribution in [0.5, 0.6) is 11.6 Å². The number of aromatic nitrogens is 1. The average Bonchev–Trinajstić information content (AvgIpc) is 4.05. The Balaban J connectivity index is 1.37. The molecule has 1 aromatic carbocycles. The Morgan fingerprint density at radius 2 is 1.80 bits per heavy atom. The molecule has 0 unspecified atom stereocenters. The van der Waals surface area contributed by atoms with Gasteiger partial charge in [-0.2, -0.15) is 0 Å². The number of rotatable bonds is 9. The topological polar surface area (TPSA) is 192 Å². The molecule has 1 aromatic heterocycles. The normalized spacial score (nSPS) is 29.5. The molecule has 4 aliphatic rings. The second kappa shape index (κ2) is 16.0. The van der Waals surface area contributed by atoms with Crippen LogP contribution in [0.25, 0.3) is 10.8 Å². The van der Waals surface area contributed by atoms with Gasteiger partial charge in [-0.15, -0.1) is 0 Å². The van der Waals surface area contributed by atoms with E-state index in [2.05, 4.69) is 27.3 Å². The lowest BCUT2D eigenvalue weighted by atomic mass is 9.87. The summed E-state index contributed by atoms with van der Waals surface area (Å²) >= 11 is 0. The zero-order valence-corrected chi connectivity index (χ0v) is 33.1. The van der Waals surface area contributed by atoms with E-state index in [4.69, 9.17) is 18.9 Å². The second-order valence-corrected chi connectivity index (χ2v) is 18.3. The predicted octanol–water partition coefficient (Wildman–Crippen LogP) is 3.61. The highest BCUT2D eigenvalue weighted by atomic mass is 32.2. The molecule has 6 rings (SSSR count). The van der Waals surface area contributed by atoms with Gasteiger partial charge >= 0.3 is 6.09 Å². The van der Waals surface area contributed by atoms with E-state index in [1.807, 2.05) is 36.4 Å². The average molecular weight is 784 g/mol. The molecule has 0 bridgehead atoms. The summed E-state index contributed by atoms with van der Waals surface area (Å²) in [4.78, 5) is 62.5. The van der Waals surface area contributed by atoms with Crippen molar-refractivity contribution < 1.29 is 46.5 Å². The van der Waals surface area contributed by atoms with E-state index in [-0.39, 0.29) is 37.8 Å². The van der Waals surface area contributed by atoms with Gasteiger partial charge in [0, 0.05) is 36.1 Å². The SMILES string of the molecule is COC[C@@H]1C[C@H](C)CC/C=C\[C@H]2C[C@]2(C(=O)NS(=O)(=O)C2CC2)NC(=O)[C@@H]2C[C@@H](Oc3ncc(OC)c4ccccc34)CN2C(=O)[C@H]1NC(=O)OC(C)(C)C. The number of alkyl carbamates (subject to hydrolysis) is 1. The van der Waals surface area contributed by atoms with Crippen molar-refractivity contribution in [2.24, 2.45) is 17.8 Å². The Kier molecular flexibility index (Phi) is 11.7. The number of methoxy groups -OCH3 is 2. The molecular weight excluding hydrogens is 731 g/mol. The first kappa shape index (κ1) is 40.2.